The molecule has 8 heteroatoms. The van der Waals surface area contributed by atoms with Crippen LogP contribution >= 0.6 is 11.8 Å². The van der Waals surface area contributed by atoms with Crippen molar-refractivity contribution in [2.75, 3.05) is 50.0 Å². The molecule has 1 aromatic rings. The monoisotopic (exact) mass is 384 g/mol. The van der Waals surface area contributed by atoms with Crippen molar-refractivity contribution < 1.29 is 8.42 Å². The molecule has 2 N–H and O–H groups in total. The van der Waals surface area contributed by atoms with Crippen LogP contribution in [0, 0.1) is 0 Å². The molecule has 1 fully saturated rings. The van der Waals surface area contributed by atoms with Crippen molar-refractivity contribution in [3.05, 3.63) is 35.9 Å². The first-order valence-electron chi connectivity index (χ1n) is 8.73. The SMILES string of the molecule is CCNC(=NCCS(=O)(=O)N1CCSCC1)NCCc1ccccc1. The minimum atomic E-state index is -3.20. The zero-order valence-corrected chi connectivity index (χ0v) is 16.4. The third kappa shape index (κ3) is 7.25. The first kappa shape index (κ1) is 20.1. The Hall–Kier alpha value is -1.25. The summed E-state index contributed by atoms with van der Waals surface area (Å²) in [5.74, 6) is 2.49. The third-order valence-corrected chi connectivity index (χ3v) is 6.67. The molecule has 1 saturated heterocycles. The van der Waals surface area contributed by atoms with Crippen LogP contribution in [0.1, 0.15) is 12.5 Å². The highest BCUT2D eigenvalue weighted by Gasteiger charge is 2.23. The number of benzene rings is 1. The van der Waals surface area contributed by atoms with Gasteiger partial charge in [0.25, 0.3) is 0 Å². The number of hydrogen-bond acceptors (Lipinski definition) is 4. The van der Waals surface area contributed by atoms with E-state index in [0.29, 0.717) is 19.0 Å². The average molecular weight is 385 g/mol. The minimum Gasteiger partial charge on any atom is -0.357 e. The van der Waals surface area contributed by atoms with Crippen molar-refractivity contribution >= 4 is 27.7 Å². The molecule has 1 heterocycles. The smallest absolute Gasteiger partial charge is 0.215 e. The summed E-state index contributed by atoms with van der Waals surface area (Å²) in [4.78, 5) is 4.41. The molecule has 1 aliphatic rings. The summed E-state index contributed by atoms with van der Waals surface area (Å²) < 4.78 is 26.3. The van der Waals surface area contributed by atoms with Crippen LogP contribution in [0.2, 0.25) is 0 Å². The maximum atomic E-state index is 12.3. The van der Waals surface area contributed by atoms with Crippen molar-refractivity contribution in [1.29, 1.82) is 0 Å². The lowest BCUT2D eigenvalue weighted by Crippen LogP contribution is -2.41. The summed E-state index contributed by atoms with van der Waals surface area (Å²) in [6, 6.07) is 10.2. The predicted octanol–water partition coefficient (Wildman–Crippen LogP) is 1.16. The molecule has 6 nitrogen and oxygen atoms in total. The zero-order valence-electron chi connectivity index (χ0n) is 14.8. The van der Waals surface area contributed by atoms with Crippen molar-refractivity contribution in [3.63, 3.8) is 0 Å². The highest BCUT2D eigenvalue weighted by Crippen LogP contribution is 2.13. The molecule has 140 valence electrons. The topological polar surface area (TPSA) is 73.8 Å². The van der Waals surface area contributed by atoms with Crippen LogP contribution in [-0.4, -0.2) is 68.7 Å². The van der Waals surface area contributed by atoms with E-state index in [-0.39, 0.29) is 12.3 Å². The Morgan fingerprint density at radius 1 is 1.20 bits per heavy atom. The van der Waals surface area contributed by atoms with Gasteiger partial charge in [0.1, 0.15) is 0 Å². The van der Waals surface area contributed by atoms with Gasteiger partial charge >= 0.3 is 0 Å². The van der Waals surface area contributed by atoms with Crippen LogP contribution in [0.5, 0.6) is 0 Å². The van der Waals surface area contributed by atoms with E-state index in [2.05, 4.69) is 27.8 Å². The molecule has 0 amide bonds. The maximum absolute atomic E-state index is 12.3. The van der Waals surface area contributed by atoms with Gasteiger partial charge < -0.3 is 10.6 Å². The van der Waals surface area contributed by atoms with E-state index in [1.165, 1.54) is 5.56 Å². The molecule has 0 saturated carbocycles. The van der Waals surface area contributed by atoms with Crippen LogP contribution in [-0.2, 0) is 16.4 Å². The first-order valence-corrected chi connectivity index (χ1v) is 11.5. The van der Waals surface area contributed by atoms with Crippen LogP contribution < -0.4 is 10.6 Å². The average Bonchev–Trinajstić information content (AvgIpc) is 2.63. The van der Waals surface area contributed by atoms with Gasteiger partial charge in [0.15, 0.2) is 5.96 Å². The second-order valence-corrected chi connectivity index (χ2v) is 9.06. The van der Waals surface area contributed by atoms with Gasteiger partial charge in [-0.3, -0.25) is 4.99 Å². The van der Waals surface area contributed by atoms with E-state index in [0.717, 1.165) is 31.0 Å². The lowest BCUT2D eigenvalue weighted by molar-refractivity contribution is 0.444. The van der Waals surface area contributed by atoms with Gasteiger partial charge in [0.05, 0.1) is 12.3 Å². The van der Waals surface area contributed by atoms with Crippen LogP contribution in [0.25, 0.3) is 0 Å². The van der Waals surface area contributed by atoms with Crippen molar-refractivity contribution in [2.24, 2.45) is 4.99 Å². The van der Waals surface area contributed by atoms with Crippen LogP contribution in [0.3, 0.4) is 0 Å². The Morgan fingerprint density at radius 2 is 1.92 bits per heavy atom. The van der Waals surface area contributed by atoms with Crippen molar-refractivity contribution in [3.8, 4) is 0 Å². The lowest BCUT2D eigenvalue weighted by Gasteiger charge is -2.25. The van der Waals surface area contributed by atoms with Gasteiger partial charge in [-0.1, -0.05) is 30.3 Å². The van der Waals surface area contributed by atoms with Gasteiger partial charge in [-0.2, -0.15) is 11.8 Å². The van der Waals surface area contributed by atoms with E-state index in [9.17, 15) is 8.42 Å². The highest BCUT2D eigenvalue weighted by molar-refractivity contribution is 7.99. The Bertz CT molecular complexity index is 629. The fourth-order valence-electron chi connectivity index (χ4n) is 2.54. The summed E-state index contributed by atoms with van der Waals surface area (Å²) >= 11 is 1.80. The molecule has 0 spiro atoms. The molecular formula is C17H28N4O2S2. The highest BCUT2D eigenvalue weighted by atomic mass is 32.2. The number of guanidine groups is 1. The summed E-state index contributed by atoms with van der Waals surface area (Å²) in [6.07, 6.45) is 0.898. The number of thioether (sulfide) groups is 1. The Labute approximate surface area is 155 Å². The third-order valence-electron chi connectivity index (χ3n) is 3.88. The minimum absolute atomic E-state index is 0.0624. The number of nitrogens with zero attached hydrogens (tertiary/aromatic N) is 2. The molecule has 1 aromatic carbocycles. The van der Waals surface area contributed by atoms with Gasteiger partial charge in [-0.05, 0) is 18.9 Å². The molecule has 25 heavy (non-hydrogen) atoms. The van der Waals surface area contributed by atoms with E-state index in [1.54, 1.807) is 16.1 Å². The molecular weight excluding hydrogens is 356 g/mol. The Morgan fingerprint density at radius 3 is 2.60 bits per heavy atom. The maximum Gasteiger partial charge on any atom is 0.215 e. The summed E-state index contributed by atoms with van der Waals surface area (Å²) in [6.45, 7) is 5.00. The number of rotatable bonds is 8. The summed E-state index contributed by atoms with van der Waals surface area (Å²) in [7, 11) is -3.20. The molecule has 0 aliphatic carbocycles. The van der Waals surface area contributed by atoms with Gasteiger partial charge in [-0.25, -0.2) is 12.7 Å². The Balaban J connectivity index is 1.80. The van der Waals surface area contributed by atoms with Crippen molar-refractivity contribution in [2.45, 2.75) is 13.3 Å². The van der Waals surface area contributed by atoms with Crippen LogP contribution in [0.4, 0.5) is 0 Å². The van der Waals surface area contributed by atoms with E-state index >= 15 is 0 Å². The standard InChI is InChI=1S/C17H28N4O2S2/c1-2-18-17(19-9-8-16-6-4-3-5-7-16)20-10-15-25(22,23)21-11-13-24-14-12-21/h3-7H,2,8-15H2,1H3,(H2,18,19,20). The lowest BCUT2D eigenvalue weighted by atomic mass is 10.1. The van der Waals surface area contributed by atoms with E-state index < -0.39 is 10.0 Å². The van der Waals surface area contributed by atoms with Crippen LogP contribution in [0.15, 0.2) is 35.3 Å². The number of aliphatic imine (C=N–C) groups is 1. The Kier molecular flexibility index (Phi) is 8.57. The van der Waals surface area contributed by atoms with E-state index in [1.807, 2.05) is 25.1 Å². The molecule has 1 aliphatic heterocycles. The van der Waals surface area contributed by atoms with Gasteiger partial charge in [0.2, 0.25) is 10.0 Å². The molecule has 0 atom stereocenters. The largest absolute Gasteiger partial charge is 0.357 e. The van der Waals surface area contributed by atoms with E-state index in [4.69, 9.17) is 0 Å². The second-order valence-electron chi connectivity index (χ2n) is 5.75. The molecule has 0 radical (unpaired) electrons. The van der Waals surface area contributed by atoms with Crippen molar-refractivity contribution in [1.82, 2.24) is 14.9 Å². The van der Waals surface area contributed by atoms with Gasteiger partial charge in [0, 0.05) is 37.7 Å². The van der Waals surface area contributed by atoms with Gasteiger partial charge in [-0.15, -0.1) is 0 Å². The second kappa shape index (κ2) is 10.7. The quantitative estimate of drug-likeness (QED) is 0.520. The zero-order chi connectivity index (χ0) is 18.0. The normalized spacial score (nSPS) is 16.6. The number of nitrogens with one attached hydrogen (secondary N) is 2. The summed E-state index contributed by atoms with van der Waals surface area (Å²) in [5, 5.41) is 6.42. The number of hydrogen-bond donors (Lipinski definition) is 2. The fraction of sp³-hybridized carbons (Fsp3) is 0.588. The molecule has 0 aromatic heterocycles. The number of sulfonamides is 1. The molecule has 0 bridgehead atoms. The molecule has 0 unspecified atom stereocenters. The molecule has 2 rings (SSSR count). The fourth-order valence-corrected chi connectivity index (χ4v) is 4.99. The summed E-state index contributed by atoms with van der Waals surface area (Å²) in [5.41, 5.74) is 1.26. The predicted molar refractivity (Wildman–Crippen MR) is 107 cm³/mol. The first-order chi connectivity index (χ1) is 12.1.